The fourth-order valence-corrected chi connectivity index (χ4v) is 1.78. The molecule has 0 radical (unpaired) electrons. The maximum atomic E-state index is 10.9. The third-order valence-electron chi connectivity index (χ3n) is 2.90. The molecule has 0 saturated carbocycles. The summed E-state index contributed by atoms with van der Waals surface area (Å²) in [6.07, 6.45) is 4.60. The second-order valence-corrected chi connectivity index (χ2v) is 4.45. The fourth-order valence-electron chi connectivity index (χ4n) is 1.78. The van der Waals surface area contributed by atoms with Crippen molar-refractivity contribution in [2.45, 2.75) is 0 Å². The molecule has 0 aliphatic rings. The number of hydrogen-bond donors (Lipinski definition) is 2. The highest BCUT2D eigenvalue weighted by Crippen LogP contribution is 2.18. The first-order valence-corrected chi connectivity index (χ1v) is 6.60. The molecule has 0 bridgehead atoms. The molecule has 7 nitrogen and oxygen atoms in total. The van der Waals surface area contributed by atoms with E-state index in [1.165, 1.54) is 24.4 Å². The molecule has 0 unspecified atom stereocenters. The Morgan fingerprint density at radius 2 is 1.87 bits per heavy atom. The summed E-state index contributed by atoms with van der Waals surface area (Å²) in [4.78, 5) is 21.1. The Morgan fingerprint density at radius 1 is 1.17 bits per heavy atom. The summed E-state index contributed by atoms with van der Waals surface area (Å²) in [6.45, 7) is 0. The van der Waals surface area contributed by atoms with Crippen LogP contribution in [-0.2, 0) is 0 Å². The normalized spacial score (nSPS) is 11.0. The number of nitrogens with zero attached hydrogens (tertiary/aromatic N) is 2. The summed E-state index contributed by atoms with van der Waals surface area (Å²) >= 11 is 0. The van der Waals surface area contributed by atoms with E-state index in [1.807, 2.05) is 0 Å². The van der Waals surface area contributed by atoms with Crippen molar-refractivity contribution in [2.24, 2.45) is 5.10 Å². The first kappa shape index (κ1) is 15.9. The molecule has 2 aromatic carbocycles. The number of rotatable bonds is 6. The number of benzene rings is 2. The molecule has 0 amide bonds. The topological polar surface area (TPSA) is 105 Å². The van der Waals surface area contributed by atoms with Gasteiger partial charge in [0.25, 0.3) is 5.69 Å². The lowest BCUT2D eigenvalue weighted by molar-refractivity contribution is -0.385. The Morgan fingerprint density at radius 3 is 2.52 bits per heavy atom. The van der Waals surface area contributed by atoms with E-state index in [0.29, 0.717) is 11.3 Å². The van der Waals surface area contributed by atoms with Gasteiger partial charge < -0.3 is 5.11 Å². The molecular formula is C16H13N3O4. The van der Waals surface area contributed by atoms with Gasteiger partial charge in [-0.25, -0.2) is 4.79 Å². The van der Waals surface area contributed by atoms with Gasteiger partial charge in [-0.3, -0.25) is 15.5 Å². The molecular weight excluding hydrogens is 298 g/mol. The molecule has 7 heteroatoms. The summed E-state index contributed by atoms with van der Waals surface area (Å²) in [7, 11) is 0. The SMILES string of the molecule is O=C(O)c1ccc(N/N=C/C=C/c2ccccc2[N+](=O)[O-])cc1. The number of aromatic carboxylic acids is 1. The highest BCUT2D eigenvalue weighted by molar-refractivity contribution is 5.88. The smallest absolute Gasteiger partial charge is 0.335 e. The van der Waals surface area contributed by atoms with Gasteiger partial charge in [0.2, 0.25) is 0 Å². The van der Waals surface area contributed by atoms with Crippen LogP contribution in [0.4, 0.5) is 11.4 Å². The third-order valence-corrected chi connectivity index (χ3v) is 2.90. The molecule has 0 aliphatic heterocycles. The molecule has 0 fully saturated rings. The first-order valence-electron chi connectivity index (χ1n) is 6.60. The minimum Gasteiger partial charge on any atom is -0.478 e. The van der Waals surface area contributed by atoms with Crippen molar-refractivity contribution >= 4 is 29.6 Å². The number of para-hydroxylation sites is 1. The first-order chi connectivity index (χ1) is 11.1. The van der Waals surface area contributed by atoms with Gasteiger partial charge in [0, 0.05) is 12.3 Å². The van der Waals surface area contributed by atoms with Gasteiger partial charge in [0.1, 0.15) is 0 Å². The number of hydrogen-bond acceptors (Lipinski definition) is 5. The minimum absolute atomic E-state index is 0.0226. The van der Waals surface area contributed by atoms with Crippen LogP contribution in [0.15, 0.2) is 59.7 Å². The molecule has 23 heavy (non-hydrogen) atoms. The molecule has 0 heterocycles. The maximum Gasteiger partial charge on any atom is 0.335 e. The van der Waals surface area contributed by atoms with Gasteiger partial charge in [-0.1, -0.05) is 12.1 Å². The second-order valence-electron chi connectivity index (χ2n) is 4.45. The standard InChI is InChI=1S/C16H13N3O4/c20-16(21)13-7-9-14(10-8-13)18-17-11-3-5-12-4-1-2-6-15(12)19(22)23/h1-11,18H,(H,20,21)/b5-3+,17-11+. The van der Waals surface area contributed by atoms with E-state index >= 15 is 0 Å². The summed E-state index contributed by atoms with van der Waals surface area (Å²) in [5.74, 6) is -0.993. The number of anilines is 1. The summed E-state index contributed by atoms with van der Waals surface area (Å²) in [5, 5.41) is 23.6. The Bertz CT molecular complexity index is 767. The van der Waals surface area contributed by atoms with E-state index in [4.69, 9.17) is 5.11 Å². The van der Waals surface area contributed by atoms with E-state index in [-0.39, 0.29) is 11.3 Å². The Hall–Kier alpha value is -3.48. The number of carboxylic acids is 1. The lowest BCUT2D eigenvalue weighted by atomic mass is 10.2. The molecule has 0 spiro atoms. The van der Waals surface area contributed by atoms with Gasteiger partial charge in [-0.05, 0) is 42.5 Å². The van der Waals surface area contributed by atoms with Crippen molar-refractivity contribution in [3.63, 3.8) is 0 Å². The van der Waals surface area contributed by atoms with Crippen LogP contribution in [0.1, 0.15) is 15.9 Å². The van der Waals surface area contributed by atoms with Gasteiger partial charge >= 0.3 is 5.97 Å². The van der Waals surface area contributed by atoms with Crippen LogP contribution in [0.5, 0.6) is 0 Å². The van der Waals surface area contributed by atoms with Crippen molar-refractivity contribution in [2.75, 3.05) is 5.43 Å². The lowest BCUT2D eigenvalue weighted by Gasteiger charge is -1.99. The van der Waals surface area contributed by atoms with Gasteiger partial charge in [0.15, 0.2) is 0 Å². The van der Waals surface area contributed by atoms with Crippen molar-refractivity contribution in [1.29, 1.82) is 0 Å². The predicted octanol–water partition coefficient (Wildman–Crippen LogP) is 3.40. The number of allylic oxidation sites excluding steroid dienone is 1. The van der Waals surface area contributed by atoms with E-state index < -0.39 is 10.9 Å². The van der Waals surface area contributed by atoms with Crippen LogP contribution in [0.25, 0.3) is 6.08 Å². The third kappa shape index (κ3) is 4.50. The predicted molar refractivity (Wildman–Crippen MR) is 87.6 cm³/mol. The number of carboxylic acid groups (broad SMARTS) is 1. The molecule has 116 valence electrons. The summed E-state index contributed by atoms with van der Waals surface area (Å²) < 4.78 is 0. The Kier molecular flexibility index (Phi) is 5.19. The molecule has 0 aliphatic carbocycles. The number of hydrazone groups is 1. The molecule has 2 aromatic rings. The highest BCUT2D eigenvalue weighted by atomic mass is 16.6. The van der Waals surface area contributed by atoms with Crippen molar-refractivity contribution in [1.82, 2.24) is 0 Å². The number of nitrogens with one attached hydrogen (secondary N) is 1. The zero-order chi connectivity index (χ0) is 16.7. The zero-order valence-corrected chi connectivity index (χ0v) is 11.9. The van der Waals surface area contributed by atoms with E-state index in [1.54, 1.807) is 42.5 Å². The summed E-state index contributed by atoms with van der Waals surface area (Å²) in [5.41, 5.74) is 4.05. The molecule has 0 aromatic heterocycles. The van der Waals surface area contributed by atoms with Crippen molar-refractivity contribution in [3.8, 4) is 0 Å². The van der Waals surface area contributed by atoms with Crippen LogP contribution >= 0.6 is 0 Å². The van der Waals surface area contributed by atoms with Crippen molar-refractivity contribution in [3.05, 3.63) is 75.8 Å². The Labute approximate surface area is 131 Å². The monoisotopic (exact) mass is 311 g/mol. The molecule has 2 N–H and O–H groups in total. The zero-order valence-electron chi connectivity index (χ0n) is 11.9. The quantitative estimate of drug-likeness (QED) is 0.483. The maximum absolute atomic E-state index is 10.9. The van der Waals surface area contributed by atoms with E-state index in [0.717, 1.165) is 0 Å². The van der Waals surface area contributed by atoms with Crippen molar-refractivity contribution < 1.29 is 14.8 Å². The van der Waals surface area contributed by atoms with Gasteiger partial charge in [0.05, 0.1) is 21.7 Å². The highest BCUT2D eigenvalue weighted by Gasteiger charge is 2.08. The van der Waals surface area contributed by atoms with Crippen LogP contribution in [0.3, 0.4) is 0 Å². The number of carbonyl (C=O) groups is 1. The largest absolute Gasteiger partial charge is 0.478 e. The average Bonchev–Trinajstić information content (AvgIpc) is 2.55. The average molecular weight is 311 g/mol. The van der Waals surface area contributed by atoms with Crippen LogP contribution in [-0.4, -0.2) is 22.2 Å². The van der Waals surface area contributed by atoms with Crippen LogP contribution in [0, 0.1) is 10.1 Å². The van der Waals surface area contributed by atoms with E-state index in [9.17, 15) is 14.9 Å². The summed E-state index contributed by atoms with van der Waals surface area (Å²) in [6, 6.07) is 12.5. The lowest BCUT2D eigenvalue weighted by Crippen LogP contribution is -1.96. The second kappa shape index (κ2) is 7.51. The molecule has 0 atom stereocenters. The van der Waals surface area contributed by atoms with Crippen LogP contribution < -0.4 is 5.43 Å². The fraction of sp³-hybridized carbons (Fsp3) is 0. The van der Waals surface area contributed by atoms with Crippen LogP contribution in [0.2, 0.25) is 0 Å². The van der Waals surface area contributed by atoms with Gasteiger partial charge in [-0.2, -0.15) is 5.10 Å². The molecule has 0 saturated heterocycles. The van der Waals surface area contributed by atoms with E-state index in [2.05, 4.69) is 10.5 Å². The molecule has 2 rings (SSSR count). The number of nitro benzene ring substituents is 1. The Balaban J connectivity index is 1.97. The van der Waals surface area contributed by atoms with Gasteiger partial charge in [-0.15, -0.1) is 0 Å². The minimum atomic E-state index is -0.993. The number of nitro groups is 1.